The van der Waals surface area contributed by atoms with Crippen molar-refractivity contribution in [2.45, 2.75) is 31.1 Å². The molecule has 1 N–H and O–H groups in total. The predicted octanol–water partition coefficient (Wildman–Crippen LogP) is 2.92. The van der Waals surface area contributed by atoms with Crippen LogP contribution < -0.4 is 5.32 Å². The number of rotatable bonds is 4. The summed E-state index contributed by atoms with van der Waals surface area (Å²) >= 11 is 0. The van der Waals surface area contributed by atoms with Crippen molar-refractivity contribution in [1.82, 2.24) is 5.32 Å². The van der Waals surface area contributed by atoms with Crippen molar-refractivity contribution >= 4 is 25.6 Å². The summed E-state index contributed by atoms with van der Waals surface area (Å²) in [5, 5.41) is 2.71. The topological polar surface area (TPSA) is 63.2 Å². The van der Waals surface area contributed by atoms with Gasteiger partial charge in [-0.3, -0.25) is 4.79 Å². The Kier molecular flexibility index (Phi) is 4.88. The van der Waals surface area contributed by atoms with Crippen molar-refractivity contribution < 1.29 is 17.6 Å². The Bertz CT molecular complexity index is 648. The van der Waals surface area contributed by atoms with Gasteiger partial charge in [0.1, 0.15) is 5.82 Å². The normalized spacial score (nSPS) is 22.2. The van der Waals surface area contributed by atoms with Gasteiger partial charge in [0, 0.05) is 17.2 Å². The Morgan fingerprint density at radius 3 is 2.67 bits per heavy atom. The van der Waals surface area contributed by atoms with Gasteiger partial charge < -0.3 is 5.32 Å². The molecule has 1 aromatic carbocycles. The molecule has 1 aliphatic carbocycles. The zero-order chi connectivity index (χ0) is 15.6. The van der Waals surface area contributed by atoms with Gasteiger partial charge in [0.2, 0.25) is 0 Å². The van der Waals surface area contributed by atoms with E-state index in [1.807, 2.05) is 0 Å². The summed E-state index contributed by atoms with van der Waals surface area (Å²) in [6.45, 7) is 2.65. The fourth-order valence-electron chi connectivity index (χ4n) is 2.68. The highest BCUT2D eigenvalue weighted by atomic mass is 35.7. The van der Waals surface area contributed by atoms with E-state index in [2.05, 4.69) is 12.2 Å². The van der Waals surface area contributed by atoms with Crippen LogP contribution in [0, 0.1) is 17.7 Å². The molecule has 7 heteroatoms. The summed E-state index contributed by atoms with van der Waals surface area (Å²) < 4.78 is 36.0. The van der Waals surface area contributed by atoms with Crippen molar-refractivity contribution in [2.24, 2.45) is 11.8 Å². The summed E-state index contributed by atoms with van der Waals surface area (Å²) in [6, 6.07) is 3.02. The Balaban J connectivity index is 2.06. The zero-order valence-electron chi connectivity index (χ0n) is 11.6. The molecule has 0 saturated heterocycles. The Labute approximate surface area is 128 Å². The first-order valence-electron chi connectivity index (χ1n) is 6.81. The van der Waals surface area contributed by atoms with Crippen molar-refractivity contribution in [3.05, 3.63) is 29.6 Å². The average Bonchev–Trinajstić information content (AvgIpc) is 2.80. The van der Waals surface area contributed by atoms with Crippen LogP contribution in [0.3, 0.4) is 0 Å². The number of halogens is 2. The lowest BCUT2D eigenvalue weighted by molar-refractivity contribution is 0.0940. The minimum Gasteiger partial charge on any atom is -0.352 e. The molecule has 1 aromatic rings. The van der Waals surface area contributed by atoms with E-state index in [-0.39, 0.29) is 10.5 Å². The average molecular weight is 334 g/mol. The number of benzene rings is 1. The lowest BCUT2D eigenvalue weighted by Gasteiger charge is -2.16. The lowest BCUT2D eigenvalue weighted by atomic mass is 9.98. The number of hydrogen-bond donors (Lipinski definition) is 1. The van der Waals surface area contributed by atoms with Crippen LogP contribution in [0.5, 0.6) is 0 Å². The molecule has 116 valence electrons. The number of nitrogens with one attached hydrogen (secondary N) is 1. The molecule has 2 rings (SSSR count). The molecule has 0 spiro atoms. The highest BCUT2D eigenvalue weighted by Crippen LogP contribution is 2.30. The van der Waals surface area contributed by atoms with Crippen molar-refractivity contribution in [3.63, 3.8) is 0 Å². The molecular formula is C14H17ClFNO3S. The van der Waals surface area contributed by atoms with Crippen molar-refractivity contribution in [3.8, 4) is 0 Å². The van der Waals surface area contributed by atoms with E-state index in [9.17, 15) is 17.6 Å². The first-order chi connectivity index (χ1) is 9.79. The van der Waals surface area contributed by atoms with E-state index in [0.717, 1.165) is 37.5 Å². The van der Waals surface area contributed by atoms with Crippen LogP contribution >= 0.6 is 10.7 Å². The van der Waals surface area contributed by atoms with Gasteiger partial charge >= 0.3 is 0 Å². The molecule has 1 aliphatic rings. The summed E-state index contributed by atoms with van der Waals surface area (Å²) in [5.41, 5.74) is -0.176. The summed E-state index contributed by atoms with van der Waals surface area (Å²) in [4.78, 5) is 11.6. The second kappa shape index (κ2) is 6.32. The van der Waals surface area contributed by atoms with Crippen LogP contribution in [0.25, 0.3) is 0 Å². The lowest BCUT2D eigenvalue weighted by Crippen LogP contribution is -2.30. The summed E-state index contributed by atoms with van der Waals surface area (Å²) in [6.07, 6.45) is 3.36. The third-order valence-electron chi connectivity index (χ3n) is 4.03. The number of amides is 1. The molecule has 4 nitrogen and oxygen atoms in total. The first kappa shape index (κ1) is 16.2. The third kappa shape index (κ3) is 3.95. The molecule has 1 saturated carbocycles. The monoisotopic (exact) mass is 333 g/mol. The summed E-state index contributed by atoms with van der Waals surface area (Å²) in [7, 11) is 1.13. The number of carbonyl (C=O) groups excluding carboxylic acids is 1. The Morgan fingerprint density at radius 2 is 2.14 bits per heavy atom. The molecular weight excluding hydrogens is 317 g/mol. The molecule has 0 radical (unpaired) electrons. The second-order valence-electron chi connectivity index (χ2n) is 5.46. The number of carbonyl (C=O) groups is 1. The maximum absolute atomic E-state index is 13.8. The largest absolute Gasteiger partial charge is 0.352 e. The van der Waals surface area contributed by atoms with Gasteiger partial charge in [0.15, 0.2) is 0 Å². The van der Waals surface area contributed by atoms with Gasteiger partial charge in [-0.15, -0.1) is 0 Å². The van der Waals surface area contributed by atoms with Gasteiger partial charge in [0.05, 0.1) is 10.5 Å². The van der Waals surface area contributed by atoms with Crippen LogP contribution in [0.15, 0.2) is 23.1 Å². The van der Waals surface area contributed by atoms with E-state index >= 15 is 0 Å². The molecule has 21 heavy (non-hydrogen) atoms. The maximum atomic E-state index is 13.8. The number of hydrogen-bond acceptors (Lipinski definition) is 3. The minimum absolute atomic E-state index is 0.176. The molecule has 1 fully saturated rings. The molecule has 0 bridgehead atoms. The zero-order valence-corrected chi connectivity index (χ0v) is 13.2. The van der Waals surface area contributed by atoms with Gasteiger partial charge in [-0.1, -0.05) is 19.8 Å². The van der Waals surface area contributed by atoms with E-state index < -0.39 is 20.8 Å². The van der Waals surface area contributed by atoms with Gasteiger partial charge in [-0.05, 0) is 36.5 Å². The highest BCUT2D eigenvalue weighted by molar-refractivity contribution is 8.13. The van der Waals surface area contributed by atoms with Crippen LogP contribution in [-0.2, 0) is 9.05 Å². The Hall–Kier alpha value is -1.14. The molecule has 2 atom stereocenters. The molecule has 0 heterocycles. The summed E-state index contributed by atoms with van der Waals surface area (Å²) in [5.74, 6) is -0.461. The molecule has 0 aliphatic heterocycles. The first-order valence-corrected chi connectivity index (χ1v) is 9.12. The van der Waals surface area contributed by atoms with Crippen molar-refractivity contribution in [1.29, 1.82) is 0 Å². The van der Waals surface area contributed by atoms with Gasteiger partial charge in [-0.25, -0.2) is 12.8 Å². The van der Waals surface area contributed by atoms with Crippen molar-refractivity contribution in [2.75, 3.05) is 6.54 Å². The van der Waals surface area contributed by atoms with Crippen LogP contribution in [0.1, 0.15) is 36.5 Å². The highest BCUT2D eigenvalue weighted by Gasteiger charge is 2.24. The third-order valence-corrected chi connectivity index (χ3v) is 5.38. The van der Waals surface area contributed by atoms with E-state index in [4.69, 9.17) is 10.7 Å². The smallest absolute Gasteiger partial charge is 0.261 e. The molecule has 0 aromatic heterocycles. The predicted molar refractivity (Wildman–Crippen MR) is 78.3 cm³/mol. The second-order valence-corrected chi connectivity index (χ2v) is 8.02. The van der Waals surface area contributed by atoms with Gasteiger partial charge in [0.25, 0.3) is 15.0 Å². The van der Waals surface area contributed by atoms with E-state index in [1.54, 1.807) is 0 Å². The maximum Gasteiger partial charge on any atom is 0.261 e. The van der Waals surface area contributed by atoms with Crippen LogP contribution in [0.2, 0.25) is 0 Å². The quantitative estimate of drug-likeness (QED) is 0.862. The Morgan fingerprint density at radius 1 is 1.43 bits per heavy atom. The van der Waals surface area contributed by atoms with Gasteiger partial charge in [-0.2, -0.15) is 0 Å². The molecule has 1 amide bonds. The van der Waals surface area contributed by atoms with E-state index in [0.29, 0.717) is 18.4 Å². The minimum atomic E-state index is -4.00. The fraction of sp³-hybridized carbons (Fsp3) is 0.500. The van der Waals surface area contributed by atoms with Crippen LogP contribution in [0.4, 0.5) is 4.39 Å². The molecule has 2 unspecified atom stereocenters. The van der Waals surface area contributed by atoms with E-state index in [1.165, 1.54) is 0 Å². The SMILES string of the molecule is CC1CCCC1CNC(=O)c1ccc(S(=O)(=O)Cl)cc1F. The van der Waals surface area contributed by atoms with Crippen LogP contribution in [-0.4, -0.2) is 20.9 Å². The standard InChI is InChI=1S/C14H17ClFNO3S/c1-9-3-2-4-10(9)8-17-14(18)12-6-5-11(7-13(12)16)21(15,19)20/h5-7,9-10H,2-4,8H2,1H3,(H,17,18). The fourth-order valence-corrected chi connectivity index (χ4v) is 3.44.